The summed E-state index contributed by atoms with van der Waals surface area (Å²) in [5, 5.41) is 0. The molecule has 0 saturated carbocycles. The van der Waals surface area contributed by atoms with Gasteiger partial charge in [0, 0.05) is 21.7 Å². The van der Waals surface area contributed by atoms with Crippen LogP contribution in [0, 0.1) is 13.8 Å². The summed E-state index contributed by atoms with van der Waals surface area (Å²) in [4.78, 5) is 26.2. The number of benzene rings is 2. The SMILES string of the molecule is Cc1cc(C(=O)COC(=O)COc2ccccc2Cc2ccccc2)c(C)s1. The van der Waals surface area contributed by atoms with Gasteiger partial charge in [0.1, 0.15) is 5.75 Å². The Labute approximate surface area is 168 Å². The first-order chi connectivity index (χ1) is 13.5. The van der Waals surface area contributed by atoms with Crippen molar-refractivity contribution in [1.29, 1.82) is 0 Å². The summed E-state index contributed by atoms with van der Waals surface area (Å²) in [7, 11) is 0. The van der Waals surface area contributed by atoms with Gasteiger partial charge in [-0.15, -0.1) is 11.3 Å². The number of aryl methyl sites for hydroxylation is 2. The molecule has 0 atom stereocenters. The molecule has 5 heteroatoms. The van der Waals surface area contributed by atoms with Crippen molar-refractivity contribution in [2.24, 2.45) is 0 Å². The standard InChI is InChI=1S/C23H22O4S/c1-16-12-20(17(2)28-16)21(24)14-27-23(25)15-26-22-11-7-6-10-19(22)13-18-8-4-3-5-9-18/h3-12H,13-15H2,1-2H3. The molecule has 0 bridgehead atoms. The average Bonchev–Trinajstić information content (AvgIpc) is 3.04. The lowest BCUT2D eigenvalue weighted by Crippen LogP contribution is -2.20. The smallest absolute Gasteiger partial charge is 0.344 e. The summed E-state index contributed by atoms with van der Waals surface area (Å²) < 4.78 is 10.7. The molecule has 0 aliphatic rings. The Hall–Kier alpha value is -2.92. The van der Waals surface area contributed by atoms with Gasteiger partial charge in [-0.2, -0.15) is 0 Å². The van der Waals surface area contributed by atoms with Gasteiger partial charge < -0.3 is 9.47 Å². The number of carbonyl (C=O) groups excluding carboxylic acids is 2. The molecule has 0 saturated heterocycles. The first-order valence-corrected chi connectivity index (χ1v) is 9.85. The van der Waals surface area contributed by atoms with Gasteiger partial charge in [0.25, 0.3) is 0 Å². The van der Waals surface area contributed by atoms with Crippen LogP contribution in [-0.4, -0.2) is 25.0 Å². The van der Waals surface area contributed by atoms with E-state index in [1.165, 1.54) is 0 Å². The van der Waals surface area contributed by atoms with Crippen molar-refractivity contribution >= 4 is 23.1 Å². The third kappa shape index (κ3) is 5.30. The molecule has 0 aliphatic heterocycles. The molecule has 0 unspecified atom stereocenters. The number of para-hydroxylation sites is 1. The molecule has 3 rings (SSSR count). The average molecular weight is 394 g/mol. The number of hydrogen-bond acceptors (Lipinski definition) is 5. The molecular formula is C23H22O4S. The molecule has 0 amide bonds. The lowest BCUT2D eigenvalue weighted by Gasteiger charge is -2.11. The highest BCUT2D eigenvalue weighted by Crippen LogP contribution is 2.22. The minimum Gasteiger partial charge on any atom is -0.482 e. The highest BCUT2D eigenvalue weighted by Gasteiger charge is 2.15. The fraction of sp³-hybridized carbons (Fsp3) is 0.217. The second-order valence-corrected chi connectivity index (χ2v) is 7.93. The monoisotopic (exact) mass is 394 g/mol. The molecule has 0 radical (unpaired) electrons. The number of Topliss-reactive ketones (excluding diaryl/α,β-unsaturated/α-hetero) is 1. The number of thiophene rings is 1. The van der Waals surface area contributed by atoms with Crippen molar-refractivity contribution in [2.75, 3.05) is 13.2 Å². The molecule has 4 nitrogen and oxygen atoms in total. The Balaban J connectivity index is 1.53. The van der Waals surface area contributed by atoms with Crippen LogP contribution in [0.25, 0.3) is 0 Å². The van der Waals surface area contributed by atoms with Gasteiger partial charge in [0.2, 0.25) is 5.78 Å². The van der Waals surface area contributed by atoms with Crippen molar-refractivity contribution in [3.8, 4) is 5.75 Å². The Kier molecular flexibility index (Phi) is 6.61. The van der Waals surface area contributed by atoms with Gasteiger partial charge in [0.15, 0.2) is 13.2 Å². The van der Waals surface area contributed by atoms with Crippen LogP contribution < -0.4 is 4.74 Å². The van der Waals surface area contributed by atoms with Gasteiger partial charge in [-0.05, 0) is 37.1 Å². The topological polar surface area (TPSA) is 52.6 Å². The number of ketones is 1. The zero-order chi connectivity index (χ0) is 19.9. The van der Waals surface area contributed by atoms with E-state index in [1.807, 2.05) is 74.5 Å². The van der Waals surface area contributed by atoms with E-state index in [0.29, 0.717) is 17.7 Å². The van der Waals surface area contributed by atoms with Crippen molar-refractivity contribution in [2.45, 2.75) is 20.3 Å². The molecule has 0 N–H and O–H groups in total. The third-order valence-electron chi connectivity index (χ3n) is 4.26. The predicted molar refractivity (Wildman–Crippen MR) is 110 cm³/mol. The van der Waals surface area contributed by atoms with Crippen LogP contribution in [0.2, 0.25) is 0 Å². The van der Waals surface area contributed by atoms with Gasteiger partial charge in [0.05, 0.1) is 0 Å². The number of rotatable bonds is 8. The van der Waals surface area contributed by atoms with Crippen LogP contribution in [-0.2, 0) is 16.0 Å². The molecule has 3 aromatic rings. The second-order valence-electron chi connectivity index (χ2n) is 6.47. The maximum atomic E-state index is 12.2. The van der Waals surface area contributed by atoms with Crippen LogP contribution >= 0.6 is 11.3 Å². The number of hydrogen-bond donors (Lipinski definition) is 0. The van der Waals surface area contributed by atoms with Gasteiger partial charge in [-0.1, -0.05) is 48.5 Å². The Morgan fingerprint density at radius 3 is 2.36 bits per heavy atom. The molecule has 0 fully saturated rings. The highest BCUT2D eigenvalue weighted by atomic mass is 32.1. The first kappa shape index (κ1) is 19.8. The Morgan fingerprint density at radius 2 is 1.64 bits per heavy atom. The molecular weight excluding hydrogens is 372 g/mol. The largest absolute Gasteiger partial charge is 0.482 e. The summed E-state index contributed by atoms with van der Waals surface area (Å²) in [6.07, 6.45) is 0.710. The fourth-order valence-corrected chi connectivity index (χ4v) is 3.86. The van der Waals surface area contributed by atoms with E-state index in [9.17, 15) is 9.59 Å². The van der Waals surface area contributed by atoms with Crippen LogP contribution in [0.4, 0.5) is 0 Å². The maximum Gasteiger partial charge on any atom is 0.344 e. The van der Waals surface area contributed by atoms with E-state index in [1.54, 1.807) is 11.3 Å². The fourth-order valence-electron chi connectivity index (χ4n) is 2.92. The van der Waals surface area contributed by atoms with Crippen LogP contribution in [0.5, 0.6) is 5.75 Å². The van der Waals surface area contributed by atoms with Crippen molar-refractivity contribution in [3.05, 3.63) is 87.1 Å². The predicted octanol–water partition coefficient (Wildman–Crippen LogP) is 4.76. The summed E-state index contributed by atoms with van der Waals surface area (Å²) in [5.74, 6) is -0.119. The van der Waals surface area contributed by atoms with Crippen molar-refractivity contribution < 1.29 is 19.1 Å². The second kappa shape index (κ2) is 9.33. The quantitative estimate of drug-likeness (QED) is 0.408. The highest BCUT2D eigenvalue weighted by molar-refractivity contribution is 7.12. The summed E-state index contributed by atoms with van der Waals surface area (Å²) >= 11 is 1.56. The molecule has 0 spiro atoms. The lowest BCUT2D eigenvalue weighted by atomic mass is 10.0. The van der Waals surface area contributed by atoms with E-state index in [0.717, 1.165) is 20.9 Å². The Bertz CT molecular complexity index is 960. The first-order valence-electron chi connectivity index (χ1n) is 9.03. The molecule has 1 heterocycles. The molecule has 0 aliphatic carbocycles. The minimum atomic E-state index is -0.563. The summed E-state index contributed by atoms with van der Waals surface area (Å²) in [6, 6.07) is 19.5. The zero-order valence-corrected chi connectivity index (χ0v) is 16.8. The molecule has 2 aromatic carbocycles. The lowest BCUT2D eigenvalue weighted by molar-refractivity contribution is -0.144. The van der Waals surface area contributed by atoms with E-state index in [4.69, 9.17) is 9.47 Å². The van der Waals surface area contributed by atoms with Crippen molar-refractivity contribution in [1.82, 2.24) is 0 Å². The van der Waals surface area contributed by atoms with Crippen LogP contribution in [0.15, 0.2) is 60.7 Å². The number of ether oxygens (including phenoxy) is 2. The van der Waals surface area contributed by atoms with E-state index >= 15 is 0 Å². The third-order valence-corrected chi connectivity index (χ3v) is 5.23. The molecule has 1 aromatic heterocycles. The van der Waals surface area contributed by atoms with E-state index < -0.39 is 5.97 Å². The number of esters is 1. The summed E-state index contributed by atoms with van der Waals surface area (Å²) in [5.41, 5.74) is 2.76. The number of carbonyl (C=O) groups is 2. The minimum absolute atomic E-state index is 0.195. The van der Waals surface area contributed by atoms with Gasteiger partial charge in [-0.25, -0.2) is 4.79 Å². The van der Waals surface area contributed by atoms with Gasteiger partial charge >= 0.3 is 5.97 Å². The zero-order valence-electron chi connectivity index (χ0n) is 15.9. The van der Waals surface area contributed by atoms with Gasteiger partial charge in [-0.3, -0.25) is 4.79 Å². The van der Waals surface area contributed by atoms with Crippen LogP contribution in [0.1, 0.15) is 31.2 Å². The van der Waals surface area contributed by atoms with Crippen LogP contribution in [0.3, 0.4) is 0 Å². The van der Waals surface area contributed by atoms with Crippen molar-refractivity contribution in [3.63, 3.8) is 0 Å². The normalized spacial score (nSPS) is 10.5. The molecule has 144 valence electrons. The maximum absolute atomic E-state index is 12.2. The molecule has 28 heavy (non-hydrogen) atoms. The summed E-state index contributed by atoms with van der Waals surface area (Å²) in [6.45, 7) is 3.33. The van der Waals surface area contributed by atoms with E-state index in [-0.39, 0.29) is 19.0 Å². The van der Waals surface area contributed by atoms with E-state index in [2.05, 4.69) is 0 Å². The Morgan fingerprint density at radius 1 is 0.929 bits per heavy atom.